The van der Waals surface area contributed by atoms with Crippen LogP contribution in [0.5, 0.6) is 0 Å². The molecule has 0 unspecified atom stereocenters. The van der Waals surface area contributed by atoms with E-state index >= 15 is 0 Å². The van der Waals surface area contributed by atoms with Crippen molar-refractivity contribution in [1.29, 1.82) is 0 Å². The number of hydrogen-bond donors (Lipinski definition) is 2. The summed E-state index contributed by atoms with van der Waals surface area (Å²) in [6, 6.07) is 21.9. The molecule has 2 atom stereocenters. The van der Waals surface area contributed by atoms with E-state index in [-0.39, 0.29) is 28.3 Å². The van der Waals surface area contributed by atoms with E-state index < -0.39 is 35.3 Å². The van der Waals surface area contributed by atoms with Gasteiger partial charge in [0.05, 0.1) is 0 Å². The molecule has 2 fully saturated rings. The van der Waals surface area contributed by atoms with Gasteiger partial charge in [-0.25, -0.2) is 9.78 Å². The lowest BCUT2D eigenvalue weighted by Gasteiger charge is -2.49. The maximum Gasteiger partial charge on any atom is 0.356 e. The number of carbonyl (C=O) groups excluding carboxylic acids is 3. The van der Waals surface area contributed by atoms with Crippen molar-refractivity contribution in [3.05, 3.63) is 130 Å². The number of ether oxygens (including phenoxy) is 1. The molecule has 4 heterocycles. The number of thioether (sulfide) groups is 2. The van der Waals surface area contributed by atoms with Crippen molar-refractivity contribution in [3.8, 4) is 0 Å². The van der Waals surface area contributed by atoms with Gasteiger partial charge in [-0.2, -0.15) is 0 Å². The molecule has 7 rings (SSSR count). The number of amides is 2. The van der Waals surface area contributed by atoms with Crippen LogP contribution in [-0.2, 0) is 24.0 Å². The van der Waals surface area contributed by atoms with Gasteiger partial charge in [0.1, 0.15) is 28.9 Å². The van der Waals surface area contributed by atoms with Crippen LogP contribution in [0.2, 0.25) is 0 Å². The zero-order valence-corrected chi connectivity index (χ0v) is 29.0. The van der Waals surface area contributed by atoms with Gasteiger partial charge in [0.2, 0.25) is 0 Å². The van der Waals surface area contributed by atoms with Crippen LogP contribution in [0.4, 0.5) is 5.13 Å². The molecule has 2 aromatic heterocycles. The lowest BCUT2D eigenvalue weighted by Crippen LogP contribution is -2.71. The number of benzene rings is 2. The molecule has 3 N–H and O–H groups in total. The van der Waals surface area contributed by atoms with Crippen LogP contribution in [0.15, 0.2) is 112 Å². The lowest BCUT2D eigenvalue weighted by atomic mass is 10.0. The molecular formula is C36H32N6O5S3. The van der Waals surface area contributed by atoms with Crippen molar-refractivity contribution in [1.82, 2.24) is 20.2 Å². The first-order valence-electron chi connectivity index (χ1n) is 15.9. The highest BCUT2D eigenvalue weighted by molar-refractivity contribution is 8.02. The normalized spacial score (nSPS) is 18.9. The maximum atomic E-state index is 14.3. The molecule has 2 aromatic carbocycles. The van der Waals surface area contributed by atoms with Crippen LogP contribution in [0.3, 0.4) is 0 Å². The van der Waals surface area contributed by atoms with Crippen LogP contribution in [0.25, 0.3) is 6.08 Å². The second-order valence-corrected chi connectivity index (χ2v) is 14.5. The number of fused-ring (bicyclic) bond motifs is 1. The summed E-state index contributed by atoms with van der Waals surface area (Å²) in [6.45, 7) is 0. The smallest absolute Gasteiger partial charge is 0.356 e. The third-order valence-electron chi connectivity index (χ3n) is 8.05. The Kier molecular flexibility index (Phi) is 10.3. The number of nitrogens with two attached hydrogens (primary N) is 1. The second kappa shape index (κ2) is 15.3. The summed E-state index contributed by atoms with van der Waals surface area (Å²) < 4.78 is 6.27. The fourth-order valence-electron chi connectivity index (χ4n) is 5.39. The number of pyridine rings is 1. The molecule has 254 valence electrons. The Bertz CT molecular complexity index is 1910. The molecule has 2 amide bonds. The highest BCUT2D eigenvalue weighted by Crippen LogP contribution is 2.42. The summed E-state index contributed by atoms with van der Waals surface area (Å²) in [5, 5.41) is 10.2. The van der Waals surface area contributed by atoms with E-state index in [0.29, 0.717) is 11.5 Å². The minimum Gasteiger partial charge on any atom is -0.448 e. The largest absolute Gasteiger partial charge is 0.448 e. The third kappa shape index (κ3) is 7.62. The first kappa shape index (κ1) is 33.6. The number of aromatic nitrogens is 2. The number of nitrogen functional groups attached to an aromatic ring is 1. The predicted octanol–water partition coefficient (Wildman–Crippen LogP) is 5.39. The second-order valence-electron chi connectivity index (χ2n) is 11.6. The van der Waals surface area contributed by atoms with Gasteiger partial charge >= 0.3 is 5.97 Å². The van der Waals surface area contributed by atoms with E-state index in [9.17, 15) is 14.4 Å². The van der Waals surface area contributed by atoms with Crippen LogP contribution in [0, 0.1) is 0 Å². The molecule has 2 aliphatic heterocycles. The van der Waals surface area contributed by atoms with E-state index in [1.807, 2.05) is 84.3 Å². The van der Waals surface area contributed by atoms with Gasteiger partial charge in [-0.3, -0.25) is 19.5 Å². The summed E-state index contributed by atoms with van der Waals surface area (Å²) in [6.07, 6.45) is 6.38. The number of nitrogens with one attached hydrogen (secondary N) is 1. The number of hydrogen-bond acceptors (Lipinski definition) is 12. The van der Waals surface area contributed by atoms with Gasteiger partial charge < -0.3 is 20.6 Å². The monoisotopic (exact) mass is 724 g/mol. The van der Waals surface area contributed by atoms with Gasteiger partial charge in [-0.15, -0.1) is 34.9 Å². The van der Waals surface area contributed by atoms with E-state index in [1.165, 1.54) is 39.8 Å². The maximum absolute atomic E-state index is 14.3. The number of oxime groups is 1. The van der Waals surface area contributed by atoms with Crippen molar-refractivity contribution in [3.63, 3.8) is 0 Å². The van der Waals surface area contributed by atoms with Crippen LogP contribution < -0.4 is 11.1 Å². The zero-order chi connectivity index (χ0) is 34.5. The van der Waals surface area contributed by atoms with Gasteiger partial charge in [0.25, 0.3) is 11.8 Å². The van der Waals surface area contributed by atoms with Crippen molar-refractivity contribution >= 4 is 69.6 Å². The van der Waals surface area contributed by atoms with Crippen molar-refractivity contribution in [2.45, 2.75) is 36.5 Å². The van der Waals surface area contributed by atoms with Crippen LogP contribution in [0.1, 0.15) is 41.3 Å². The average molecular weight is 725 g/mol. The number of rotatable bonds is 13. The predicted molar refractivity (Wildman–Crippen MR) is 196 cm³/mol. The standard InChI is InChI=1S/C36H32N6O5S3/c37-36-39-27(21-50-36)28(41-47-26-13-14-26)32(43)40-29-33(44)42-30(25(20-49-34(29)42)19-48-17-15-22-8-7-16-38-18-22)35(45)46-31(23-9-3-1-4-10-23)24-11-5-2-6-12-24/h1-12,15-18,21,26,29,31,34H,13-14,19-20H2,(H2,37,39)(H,40,43)/b17-15-,41-28+/t29-,34-/m1/s1. The first-order chi connectivity index (χ1) is 24.5. The number of nitrogens with zero attached hydrogens (tertiary/aromatic N) is 4. The zero-order valence-electron chi connectivity index (χ0n) is 26.6. The number of thiazole rings is 1. The number of β-lactam (4-membered cyclic amide) rings is 1. The molecule has 14 heteroatoms. The molecule has 11 nitrogen and oxygen atoms in total. The molecule has 0 bridgehead atoms. The molecule has 3 aliphatic rings. The highest BCUT2D eigenvalue weighted by Gasteiger charge is 2.55. The number of esters is 1. The molecule has 0 spiro atoms. The summed E-state index contributed by atoms with van der Waals surface area (Å²) >= 11 is 4.15. The van der Waals surface area contributed by atoms with E-state index in [2.05, 4.69) is 20.4 Å². The van der Waals surface area contributed by atoms with E-state index in [4.69, 9.17) is 15.3 Å². The minimum atomic E-state index is -0.906. The molecule has 1 saturated carbocycles. The molecule has 1 saturated heterocycles. The molecule has 50 heavy (non-hydrogen) atoms. The molecule has 1 aliphatic carbocycles. The van der Waals surface area contributed by atoms with E-state index in [1.54, 1.807) is 17.8 Å². The number of carbonyl (C=O) groups is 3. The van der Waals surface area contributed by atoms with Gasteiger partial charge in [0, 0.05) is 29.3 Å². The summed E-state index contributed by atoms with van der Waals surface area (Å²) in [4.78, 5) is 57.0. The minimum absolute atomic E-state index is 0.0479. The highest BCUT2D eigenvalue weighted by atomic mass is 32.2. The van der Waals surface area contributed by atoms with Crippen molar-refractivity contribution in [2.24, 2.45) is 5.16 Å². The van der Waals surface area contributed by atoms with Crippen LogP contribution in [-0.4, -0.2) is 67.4 Å². The Balaban J connectivity index is 1.14. The topological polar surface area (TPSA) is 149 Å². The van der Waals surface area contributed by atoms with Crippen molar-refractivity contribution in [2.75, 3.05) is 17.2 Å². The molecule has 4 aromatic rings. The SMILES string of the molecule is Nc1nc(/C(=N\OC2CC2)C(=O)N[C@@H]2C(=O)N3C(C(=O)OC(c4ccccc4)c4ccccc4)=C(CS/C=C\c4cccnc4)CS[C@H]23)cs1. The Morgan fingerprint density at radius 3 is 2.46 bits per heavy atom. The Labute approximate surface area is 301 Å². The van der Waals surface area contributed by atoms with Crippen molar-refractivity contribution < 1.29 is 24.0 Å². The van der Waals surface area contributed by atoms with Gasteiger partial charge in [-0.05, 0) is 52.7 Å². The Morgan fingerprint density at radius 2 is 1.82 bits per heavy atom. The third-order valence-corrected chi connectivity index (χ3v) is 10.9. The summed E-state index contributed by atoms with van der Waals surface area (Å²) in [5.74, 6) is -0.751. The summed E-state index contributed by atoms with van der Waals surface area (Å²) in [5.41, 5.74) is 9.54. The lowest BCUT2D eigenvalue weighted by molar-refractivity contribution is -0.154. The van der Waals surface area contributed by atoms with Gasteiger partial charge in [-0.1, -0.05) is 71.9 Å². The Morgan fingerprint density at radius 1 is 1.08 bits per heavy atom. The number of anilines is 1. The fraction of sp³-hybridized carbons (Fsp3) is 0.222. The first-order valence-corrected chi connectivity index (χ1v) is 18.9. The molecular weight excluding hydrogens is 693 g/mol. The fourth-order valence-corrected chi connectivity index (χ4v) is 8.20. The van der Waals surface area contributed by atoms with Crippen LogP contribution >= 0.6 is 34.9 Å². The van der Waals surface area contributed by atoms with E-state index in [0.717, 1.165) is 35.1 Å². The average Bonchev–Trinajstić information content (AvgIpc) is 3.89. The Hall–Kier alpha value is -4.92. The molecule has 0 radical (unpaired) electrons. The summed E-state index contributed by atoms with van der Waals surface area (Å²) in [7, 11) is 0. The quantitative estimate of drug-likeness (QED) is 0.0796. The van der Waals surface area contributed by atoms with Gasteiger partial charge in [0.15, 0.2) is 16.9 Å².